The van der Waals surface area contributed by atoms with E-state index in [0.29, 0.717) is 6.61 Å². The van der Waals surface area contributed by atoms with Crippen LogP contribution in [0.2, 0.25) is 0 Å². The number of ketones is 1. The molecule has 4 heteroatoms. The van der Waals surface area contributed by atoms with Crippen molar-refractivity contribution in [1.82, 2.24) is 0 Å². The molecule has 70 valence electrons. The second-order valence-electron chi connectivity index (χ2n) is 2.55. The molecule has 0 heterocycles. The first-order valence-electron chi connectivity index (χ1n) is 3.94. The van der Waals surface area contributed by atoms with Crippen LogP contribution in [-0.2, 0) is 14.3 Å². The van der Waals surface area contributed by atoms with Crippen LogP contribution >= 0.6 is 0 Å². The lowest BCUT2D eigenvalue weighted by Gasteiger charge is -2.08. The standard InChI is InChI=1S/C8H14O4/c1-3-4-5-12-7(6(2)9)8(10)11/h7H,3-5H2,1-2H3,(H,10,11). The largest absolute Gasteiger partial charge is 0.479 e. The zero-order valence-corrected chi connectivity index (χ0v) is 7.37. The van der Waals surface area contributed by atoms with E-state index in [1.54, 1.807) is 0 Å². The van der Waals surface area contributed by atoms with Crippen molar-refractivity contribution >= 4 is 11.8 Å². The van der Waals surface area contributed by atoms with Crippen LogP contribution in [0.25, 0.3) is 0 Å². The number of unbranched alkanes of at least 4 members (excludes halogenated alkanes) is 1. The molecule has 0 radical (unpaired) electrons. The Morgan fingerprint density at radius 3 is 2.42 bits per heavy atom. The number of carbonyl (C=O) groups is 2. The molecule has 0 aliphatic rings. The van der Waals surface area contributed by atoms with E-state index in [1.165, 1.54) is 6.92 Å². The minimum Gasteiger partial charge on any atom is -0.479 e. The normalized spacial score (nSPS) is 12.5. The third-order valence-corrected chi connectivity index (χ3v) is 1.38. The van der Waals surface area contributed by atoms with E-state index in [-0.39, 0.29) is 0 Å². The van der Waals surface area contributed by atoms with E-state index in [9.17, 15) is 9.59 Å². The molecule has 1 N–H and O–H groups in total. The first-order valence-corrected chi connectivity index (χ1v) is 3.94. The maximum Gasteiger partial charge on any atom is 0.340 e. The van der Waals surface area contributed by atoms with Gasteiger partial charge in [-0.2, -0.15) is 0 Å². The molecule has 1 unspecified atom stereocenters. The molecular weight excluding hydrogens is 160 g/mol. The smallest absolute Gasteiger partial charge is 0.340 e. The van der Waals surface area contributed by atoms with Gasteiger partial charge in [0.2, 0.25) is 6.10 Å². The third kappa shape index (κ3) is 4.08. The summed E-state index contributed by atoms with van der Waals surface area (Å²) in [6.07, 6.45) is 0.415. The molecule has 0 fully saturated rings. The predicted octanol–water partition coefficient (Wildman–Crippen LogP) is 0.845. The van der Waals surface area contributed by atoms with E-state index in [4.69, 9.17) is 9.84 Å². The van der Waals surface area contributed by atoms with Crippen molar-refractivity contribution < 1.29 is 19.4 Å². The van der Waals surface area contributed by atoms with Gasteiger partial charge in [-0.3, -0.25) is 4.79 Å². The lowest BCUT2D eigenvalue weighted by atomic mass is 10.2. The zero-order valence-electron chi connectivity index (χ0n) is 7.37. The van der Waals surface area contributed by atoms with Crippen LogP contribution in [0.3, 0.4) is 0 Å². The number of Topliss-reactive ketones (excluding diaryl/α,β-unsaturated/α-hetero) is 1. The van der Waals surface area contributed by atoms with E-state index < -0.39 is 17.9 Å². The fourth-order valence-corrected chi connectivity index (χ4v) is 0.708. The Bertz CT molecular complexity index is 150. The van der Waals surface area contributed by atoms with Crippen LogP contribution in [0.5, 0.6) is 0 Å². The second kappa shape index (κ2) is 5.71. The van der Waals surface area contributed by atoms with Crippen LogP contribution in [0.4, 0.5) is 0 Å². The third-order valence-electron chi connectivity index (χ3n) is 1.38. The van der Waals surface area contributed by atoms with E-state index >= 15 is 0 Å². The summed E-state index contributed by atoms with van der Waals surface area (Å²) < 4.78 is 4.86. The number of rotatable bonds is 6. The Balaban J connectivity index is 3.80. The molecule has 0 aliphatic heterocycles. The minimum absolute atomic E-state index is 0.326. The molecule has 0 saturated heterocycles. The molecule has 0 aliphatic carbocycles. The summed E-state index contributed by atoms with van der Waals surface area (Å²) in [6, 6.07) is 0. The fraction of sp³-hybridized carbons (Fsp3) is 0.750. The van der Waals surface area contributed by atoms with Gasteiger partial charge in [0.05, 0.1) is 0 Å². The van der Waals surface area contributed by atoms with E-state index in [2.05, 4.69) is 0 Å². The molecule has 0 aromatic rings. The number of carboxylic acid groups (broad SMARTS) is 1. The summed E-state index contributed by atoms with van der Waals surface area (Å²) in [5.41, 5.74) is 0. The topological polar surface area (TPSA) is 63.6 Å². The lowest BCUT2D eigenvalue weighted by Crippen LogP contribution is -2.31. The Kier molecular flexibility index (Phi) is 5.28. The molecule has 0 rings (SSSR count). The quantitative estimate of drug-likeness (QED) is 0.479. The highest BCUT2D eigenvalue weighted by molar-refractivity contribution is 5.99. The summed E-state index contributed by atoms with van der Waals surface area (Å²) in [5, 5.41) is 8.50. The van der Waals surface area contributed by atoms with Gasteiger partial charge in [-0.25, -0.2) is 4.79 Å². The number of carboxylic acids is 1. The first-order chi connectivity index (χ1) is 5.59. The van der Waals surface area contributed by atoms with Gasteiger partial charge in [0.15, 0.2) is 5.78 Å². The Hall–Kier alpha value is -0.900. The van der Waals surface area contributed by atoms with Gasteiger partial charge in [-0.1, -0.05) is 13.3 Å². The van der Waals surface area contributed by atoms with Crippen molar-refractivity contribution in [2.45, 2.75) is 32.8 Å². The van der Waals surface area contributed by atoms with Crippen LogP contribution in [0.1, 0.15) is 26.7 Å². The Morgan fingerprint density at radius 1 is 1.50 bits per heavy atom. The highest BCUT2D eigenvalue weighted by Gasteiger charge is 2.22. The summed E-state index contributed by atoms with van der Waals surface area (Å²) in [7, 11) is 0. The Labute approximate surface area is 71.5 Å². The Morgan fingerprint density at radius 2 is 2.08 bits per heavy atom. The minimum atomic E-state index is -1.28. The zero-order chi connectivity index (χ0) is 9.56. The monoisotopic (exact) mass is 174 g/mol. The van der Waals surface area contributed by atoms with Crippen LogP contribution in [-0.4, -0.2) is 29.6 Å². The van der Waals surface area contributed by atoms with Crippen molar-refractivity contribution in [2.75, 3.05) is 6.61 Å². The maximum absolute atomic E-state index is 10.7. The summed E-state index contributed by atoms with van der Waals surface area (Å²) >= 11 is 0. The van der Waals surface area contributed by atoms with Gasteiger partial charge in [0.25, 0.3) is 0 Å². The molecule has 4 nitrogen and oxygen atoms in total. The molecule has 0 aromatic carbocycles. The van der Waals surface area contributed by atoms with E-state index in [1.807, 2.05) is 6.92 Å². The molecule has 0 saturated carbocycles. The van der Waals surface area contributed by atoms with E-state index in [0.717, 1.165) is 12.8 Å². The molecule has 0 amide bonds. The van der Waals surface area contributed by atoms with Crippen LogP contribution < -0.4 is 0 Å². The van der Waals surface area contributed by atoms with Crippen molar-refractivity contribution in [3.05, 3.63) is 0 Å². The molecular formula is C8H14O4. The van der Waals surface area contributed by atoms with Crippen molar-refractivity contribution in [3.8, 4) is 0 Å². The predicted molar refractivity (Wildman–Crippen MR) is 43.0 cm³/mol. The van der Waals surface area contributed by atoms with Crippen LogP contribution in [0.15, 0.2) is 0 Å². The number of hydrogen-bond acceptors (Lipinski definition) is 3. The van der Waals surface area contributed by atoms with Gasteiger partial charge in [-0.05, 0) is 13.3 Å². The maximum atomic E-state index is 10.7. The average molecular weight is 174 g/mol. The van der Waals surface area contributed by atoms with Crippen molar-refractivity contribution in [1.29, 1.82) is 0 Å². The number of aliphatic carboxylic acids is 1. The molecule has 0 aromatic heterocycles. The number of ether oxygens (including phenoxy) is 1. The van der Waals surface area contributed by atoms with Crippen molar-refractivity contribution in [2.24, 2.45) is 0 Å². The molecule has 0 spiro atoms. The summed E-state index contributed by atoms with van der Waals surface area (Å²) in [4.78, 5) is 21.1. The van der Waals surface area contributed by atoms with Gasteiger partial charge in [0.1, 0.15) is 0 Å². The van der Waals surface area contributed by atoms with Crippen molar-refractivity contribution in [3.63, 3.8) is 0 Å². The first kappa shape index (κ1) is 11.1. The highest BCUT2D eigenvalue weighted by atomic mass is 16.5. The van der Waals surface area contributed by atoms with Gasteiger partial charge < -0.3 is 9.84 Å². The van der Waals surface area contributed by atoms with Crippen LogP contribution in [0, 0.1) is 0 Å². The number of carbonyl (C=O) groups excluding carboxylic acids is 1. The average Bonchev–Trinajstić information content (AvgIpc) is 1.96. The van der Waals surface area contributed by atoms with Gasteiger partial charge in [0, 0.05) is 6.61 Å². The molecule has 12 heavy (non-hydrogen) atoms. The molecule has 0 bridgehead atoms. The fourth-order valence-electron chi connectivity index (χ4n) is 0.708. The molecule has 1 atom stereocenters. The summed E-state index contributed by atoms with van der Waals surface area (Å²) in [6.45, 7) is 3.50. The highest BCUT2D eigenvalue weighted by Crippen LogP contribution is 1.97. The van der Waals surface area contributed by atoms with Gasteiger partial charge in [-0.15, -0.1) is 0 Å². The lowest BCUT2D eigenvalue weighted by molar-refractivity contribution is -0.155. The van der Waals surface area contributed by atoms with Gasteiger partial charge >= 0.3 is 5.97 Å². The SMILES string of the molecule is CCCCOC(C(C)=O)C(=O)O. The summed E-state index contributed by atoms with van der Waals surface area (Å²) in [5.74, 6) is -1.67. The number of hydrogen-bond donors (Lipinski definition) is 1. The second-order valence-corrected chi connectivity index (χ2v) is 2.55.